The summed E-state index contributed by atoms with van der Waals surface area (Å²) in [6.07, 6.45) is 7.65. The number of hydrogen-bond donors (Lipinski definition) is 1. The van der Waals surface area contributed by atoms with Gasteiger partial charge in [-0.2, -0.15) is 0 Å². The molecule has 0 aromatic carbocycles. The minimum Gasteiger partial charge on any atom is -0.365 e. The van der Waals surface area contributed by atoms with Crippen LogP contribution in [0.25, 0.3) is 10.2 Å². The number of halogens is 1. The first-order valence-electron chi connectivity index (χ1n) is 7.28. The van der Waals surface area contributed by atoms with Crippen LogP contribution in [0, 0.1) is 13.8 Å². The molecular formula is C15H20ClN3S. The van der Waals surface area contributed by atoms with E-state index < -0.39 is 0 Å². The number of thiophene rings is 1. The second-order valence-electron chi connectivity index (χ2n) is 5.59. The van der Waals surface area contributed by atoms with Crippen molar-refractivity contribution >= 4 is 39.0 Å². The van der Waals surface area contributed by atoms with Crippen LogP contribution in [0.5, 0.6) is 0 Å². The van der Waals surface area contributed by atoms with Gasteiger partial charge in [-0.05, 0) is 32.3 Å². The molecule has 2 aromatic heterocycles. The van der Waals surface area contributed by atoms with Crippen molar-refractivity contribution in [1.82, 2.24) is 9.97 Å². The number of alkyl halides is 1. The molecule has 3 nitrogen and oxygen atoms in total. The lowest BCUT2D eigenvalue weighted by molar-refractivity contribution is 0.625. The van der Waals surface area contributed by atoms with Gasteiger partial charge in [0.05, 0.1) is 10.8 Å². The molecule has 0 radical (unpaired) electrons. The van der Waals surface area contributed by atoms with Crippen LogP contribution in [-0.2, 0) is 0 Å². The highest BCUT2D eigenvalue weighted by molar-refractivity contribution is 7.18. The summed E-state index contributed by atoms with van der Waals surface area (Å²) in [6.45, 7) is 4.29. The van der Waals surface area contributed by atoms with Crippen LogP contribution in [0.15, 0.2) is 6.33 Å². The van der Waals surface area contributed by atoms with Gasteiger partial charge in [-0.3, -0.25) is 0 Å². The van der Waals surface area contributed by atoms with Crippen molar-refractivity contribution in [2.45, 2.75) is 57.4 Å². The topological polar surface area (TPSA) is 37.8 Å². The Kier molecular flexibility index (Phi) is 4.13. The number of nitrogens with zero attached hydrogens (tertiary/aromatic N) is 2. The van der Waals surface area contributed by atoms with Gasteiger partial charge >= 0.3 is 0 Å². The zero-order chi connectivity index (χ0) is 14.1. The molecule has 0 amide bonds. The van der Waals surface area contributed by atoms with Gasteiger partial charge in [-0.15, -0.1) is 22.9 Å². The lowest BCUT2D eigenvalue weighted by Crippen LogP contribution is -2.29. The van der Waals surface area contributed by atoms with E-state index >= 15 is 0 Å². The second-order valence-corrected chi connectivity index (χ2v) is 7.35. The molecule has 2 heterocycles. The van der Waals surface area contributed by atoms with E-state index in [1.807, 2.05) is 0 Å². The predicted octanol–water partition coefficient (Wildman–Crippen LogP) is 4.66. The summed E-state index contributed by atoms with van der Waals surface area (Å²) in [5.41, 5.74) is 1.29. The van der Waals surface area contributed by atoms with E-state index in [9.17, 15) is 0 Å². The Morgan fingerprint density at radius 3 is 2.85 bits per heavy atom. The van der Waals surface area contributed by atoms with E-state index in [4.69, 9.17) is 11.6 Å². The van der Waals surface area contributed by atoms with Crippen molar-refractivity contribution in [1.29, 1.82) is 0 Å². The maximum absolute atomic E-state index is 6.53. The SMILES string of the molecule is Cc1sc2ncnc(NC3CCCCCC3Cl)c2c1C. The van der Waals surface area contributed by atoms with Crippen molar-refractivity contribution in [3.63, 3.8) is 0 Å². The Morgan fingerprint density at radius 1 is 1.20 bits per heavy atom. The number of hydrogen-bond acceptors (Lipinski definition) is 4. The molecule has 2 aromatic rings. The van der Waals surface area contributed by atoms with Gasteiger partial charge in [0.1, 0.15) is 17.0 Å². The Morgan fingerprint density at radius 2 is 2.00 bits per heavy atom. The molecular weight excluding hydrogens is 290 g/mol. The van der Waals surface area contributed by atoms with Gasteiger partial charge in [0.25, 0.3) is 0 Å². The molecule has 0 aliphatic heterocycles. The van der Waals surface area contributed by atoms with Gasteiger partial charge in [0.15, 0.2) is 0 Å². The molecule has 5 heteroatoms. The molecule has 1 N–H and O–H groups in total. The van der Waals surface area contributed by atoms with E-state index in [0.29, 0.717) is 6.04 Å². The summed E-state index contributed by atoms with van der Waals surface area (Å²) in [5, 5.41) is 4.96. The summed E-state index contributed by atoms with van der Waals surface area (Å²) in [7, 11) is 0. The third-order valence-electron chi connectivity index (χ3n) is 4.22. The maximum Gasteiger partial charge on any atom is 0.138 e. The standard InChI is InChI=1S/C15H20ClN3S/c1-9-10(2)20-15-13(9)14(17-8-18-15)19-12-7-5-3-4-6-11(12)16/h8,11-12H,3-7H2,1-2H3,(H,17,18,19). The van der Waals surface area contributed by atoms with Crippen LogP contribution in [-0.4, -0.2) is 21.4 Å². The van der Waals surface area contributed by atoms with Crippen molar-refractivity contribution in [3.8, 4) is 0 Å². The summed E-state index contributed by atoms with van der Waals surface area (Å²) in [6, 6.07) is 0.317. The molecule has 2 unspecified atom stereocenters. The lowest BCUT2D eigenvalue weighted by atomic mass is 10.1. The van der Waals surface area contributed by atoms with Crippen LogP contribution >= 0.6 is 22.9 Å². The zero-order valence-electron chi connectivity index (χ0n) is 11.9. The quantitative estimate of drug-likeness (QED) is 0.647. The predicted molar refractivity (Wildman–Crippen MR) is 87.0 cm³/mol. The van der Waals surface area contributed by atoms with Gasteiger partial charge < -0.3 is 5.32 Å². The first kappa shape index (κ1) is 14.1. The highest BCUT2D eigenvalue weighted by Gasteiger charge is 2.23. The van der Waals surface area contributed by atoms with E-state index in [1.54, 1.807) is 17.7 Å². The van der Waals surface area contributed by atoms with E-state index in [2.05, 4.69) is 29.1 Å². The number of aromatic nitrogens is 2. The minimum absolute atomic E-state index is 0.197. The third kappa shape index (κ3) is 2.63. The Bertz CT molecular complexity index is 610. The monoisotopic (exact) mass is 309 g/mol. The van der Waals surface area contributed by atoms with Crippen molar-refractivity contribution in [3.05, 3.63) is 16.8 Å². The van der Waals surface area contributed by atoms with Crippen LogP contribution in [0.3, 0.4) is 0 Å². The first-order valence-corrected chi connectivity index (χ1v) is 8.53. The number of rotatable bonds is 2. The summed E-state index contributed by atoms with van der Waals surface area (Å²) in [4.78, 5) is 11.2. The van der Waals surface area contributed by atoms with Crippen molar-refractivity contribution in [2.24, 2.45) is 0 Å². The van der Waals surface area contributed by atoms with Crippen LogP contribution < -0.4 is 5.32 Å². The zero-order valence-corrected chi connectivity index (χ0v) is 13.5. The molecule has 0 bridgehead atoms. The first-order chi connectivity index (χ1) is 9.66. The highest BCUT2D eigenvalue weighted by Crippen LogP contribution is 2.34. The fourth-order valence-electron chi connectivity index (χ4n) is 2.89. The van der Waals surface area contributed by atoms with E-state index in [0.717, 1.165) is 23.5 Å². The smallest absolute Gasteiger partial charge is 0.138 e. The fourth-order valence-corrected chi connectivity index (χ4v) is 4.23. The average molecular weight is 310 g/mol. The molecule has 2 atom stereocenters. The molecule has 1 saturated carbocycles. The molecule has 20 heavy (non-hydrogen) atoms. The molecule has 1 aliphatic rings. The molecule has 108 valence electrons. The summed E-state index contributed by atoms with van der Waals surface area (Å²) >= 11 is 8.27. The molecule has 0 spiro atoms. The molecule has 3 rings (SSSR count). The lowest BCUT2D eigenvalue weighted by Gasteiger charge is -2.22. The number of fused-ring (bicyclic) bond motifs is 1. The van der Waals surface area contributed by atoms with Gasteiger partial charge in [-0.25, -0.2) is 9.97 Å². The summed E-state index contributed by atoms with van der Waals surface area (Å²) in [5.74, 6) is 0.953. The van der Waals surface area contributed by atoms with Crippen LogP contribution in [0.1, 0.15) is 42.5 Å². The molecule has 1 aliphatic carbocycles. The van der Waals surface area contributed by atoms with Crippen LogP contribution in [0.4, 0.5) is 5.82 Å². The van der Waals surface area contributed by atoms with Gasteiger partial charge in [0, 0.05) is 10.9 Å². The van der Waals surface area contributed by atoms with Crippen LogP contribution in [0.2, 0.25) is 0 Å². The third-order valence-corrected chi connectivity index (χ3v) is 5.86. The van der Waals surface area contributed by atoms with Gasteiger partial charge in [-0.1, -0.05) is 19.3 Å². The van der Waals surface area contributed by atoms with Crippen molar-refractivity contribution in [2.75, 3.05) is 5.32 Å². The Balaban J connectivity index is 1.93. The minimum atomic E-state index is 0.197. The summed E-state index contributed by atoms with van der Waals surface area (Å²) < 4.78 is 0. The highest BCUT2D eigenvalue weighted by atomic mass is 35.5. The number of nitrogens with one attached hydrogen (secondary N) is 1. The second kappa shape index (κ2) is 5.86. The van der Waals surface area contributed by atoms with Crippen molar-refractivity contribution < 1.29 is 0 Å². The van der Waals surface area contributed by atoms with E-state index in [-0.39, 0.29) is 5.38 Å². The van der Waals surface area contributed by atoms with E-state index in [1.165, 1.54) is 35.1 Å². The largest absolute Gasteiger partial charge is 0.365 e. The van der Waals surface area contributed by atoms with Gasteiger partial charge in [0.2, 0.25) is 0 Å². The fraction of sp³-hybridized carbons (Fsp3) is 0.600. The molecule has 1 fully saturated rings. The Labute approximate surface area is 128 Å². The number of anilines is 1. The average Bonchev–Trinajstić information content (AvgIpc) is 2.60. The maximum atomic E-state index is 6.53. The normalized spacial score (nSPS) is 23.8. The number of aryl methyl sites for hydroxylation is 2. The molecule has 0 saturated heterocycles. The Hall–Kier alpha value is -0.870.